The fourth-order valence-corrected chi connectivity index (χ4v) is 4.34. The average molecular weight is 426 g/mol. The second-order valence-electron chi connectivity index (χ2n) is 7.85. The molecule has 1 N–H and O–H groups in total. The van der Waals surface area contributed by atoms with Crippen LogP contribution < -0.4 is 10.4 Å². The fraction of sp³-hybridized carbons (Fsp3) is 0.409. The number of hydroxylamine groups is 1. The molecule has 0 aliphatic carbocycles. The molecule has 0 saturated carbocycles. The van der Waals surface area contributed by atoms with Crippen LogP contribution in [0.2, 0.25) is 0 Å². The van der Waals surface area contributed by atoms with Crippen molar-refractivity contribution in [2.24, 2.45) is 10.2 Å². The summed E-state index contributed by atoms with van der Waals surface area (Å²) in [6.07, 6.45) is 2.31. The number of fused-ring (bicyclic) bond motifs is 1. The zero-order valence-electron chi connectivity index (χ0n) is 16.6. The van der Waals surface area contributed by atoms with Crippen LogP contribution in [0.1, 0.15) is 51.6 Å². The molecule has 30 heavy (non-hydrogen) atoms. The predicted octanol–water partition coefficient (Wildman–Crippen LogP) is 4.17. The van der Waals surface area contributed by atoms with Crippen molar-refractivity contribution in [3.8, 4) is 0 Å². The number of amides is 1. The van der Waals surface area contributed by atoms with Gasteiger partial charge >= 0.3 is 0 Å². The van der Waals surface area contributed by atoms with E-state index < -0.39 is 5.50 Å². The minimum absolute atomic E-state index is 0.0487. The van der Waals surface area contributed by atoms with E-state index in [9.17, 15) is 4.79 Å². The number of benzene rings is 2. The Morgan fingerprint density at radius 1 is 1.20 bits per heavy atom. The molecule has 3 aliphatic heterocycles. The first-order chi connectivity index (χ1) is 14.7. The van der Waals surface area contributed by atoms with E-state index in [-0.39, 0.29) is 12.1 Å². The van der Waals surface area contributed by atoms with Crippen LogP contribution in [0.3, 0.4) is 0 Å². The van der Waals surface area contributed by atoms with Gasteiger partial charge in [0.15, 0.2) is 5.50 Å². The van der Waals surface area contributed by atoms with Gasteiger partial charge in [0.05, 0.1) is 12.2 Å². The maximum Gasteiger partial charge on any atom is 0.251 e. The highest BCUT2D eigenvalue weighted by Gasteiger charge is 2.39. The van der Waals surface area contributed by atoms with Gasteiger partial charge in [-0.05, 0) is 55.8 Å². The molecule has 7 nitrogen and oxygen atoms in total. The number of anilines is 1. The molecule has 5 rings (SSSR count). The monoisotopic (exact) mass is 425 g/mol. The molecule has 2 aromatic carbocycles. The number of carbonyl (C=O) groups excluding carboxylic acids is 1. The van der Waals surface area contributed by atoms with Crippen LogP contribution >= 0.6 is 11.6 Å². The number of halogens is 1. The third-order valence-electron chi connectivity index (χ3n) is 5.79. The average Bonchev–Trinajstić information content (AvgIpc) is 3.41. The van der Waals surface area contributed by atoms with E-state index in [0.717, 1.165) is 42.0 Å². The molecular formula is C22H24ClN5O2. The van der Waals surface area contributed by atoms with Gasteiger partial charge in [0.1, 0.15) is 0 Å². The first-order valence-electron chi connectivity index (χ1n) is 10.4. The summed E-state index contributed by atoms with van der Waals surface area (Å²) in [7, 11) is 0. The number of rotatable bonds is 6. The van der Waals surface area contributed by atoms with Crippen molar-refractivity contribution in [2.45, 2.75) is 31.1 Å². The van der Waals surface area contributed by atoms with Crippen molar-refractivity contribution >= 4 is 23.2 Å². The molecule has 0 aromatic heterocycles. The molecule has 3 heterocycles. The quantitative estimate of drug-likeness (QED) is 0.428. The van der Waals surface area contributed by atoms with E-state index in [1.54, 1.807) is 0 Å². The van der Waals surface area contributed by atoms with Gasteiger partial charge in [-0.2, -0.15) is 10.2 Å². The Labute approximate surface area is 180 Å². The van der Waals surface area contributed by atoms with E-state index in [1.807, 2.05) is 47.5 Å². The minimum atomic E-state index is -0.459. The second-order valence-corrected chi connectivity index (χ2v) is 8.26. The number of hydrogen-bond acceptors (Lipinski definition) is 6. The van der Waals surface area contributed by atoms with E-state index in [0.29, 0.717) is 18.7 Å². The van der Waals surface area contributed by atoms with Crippen LogP contribution in [-0.4, -0.2) is 37.0 Å². The predicted molar refractivity (Wildman–Crippen MR) is 114 cm³/mol. The lowest BCUT2D eigenvalue weighted by Gasteiger charge is -2.15. The first-order valence-corrected chi connectivity index (χ1v) is 10.8. The lowest BCUT2D eigenvalue weighted by Crippen LogP contribution is -2.33. The Kier molecular flexibility index (Phi) is 5.41. The molecule has 3 aliphatic rings. The first kappa shape index (κ1) is 19.5. The van der Waals surface area contributed by atoms with Gasteiger partial charge in [-0.25, -0.2) is 9.90 Å². The minimum Gasteiger partial charge on any atom is -0.351 e. The smallest absolute Gasteiger partial charge is 0.251 e. The van der Waals surface area contributed by atoms with Crippen LogP contribution in [-0.2, 0) is 11.4 Å². The molecular weight excluding hydrogens is 402 g/mol. The summed E-state index contributed by atoms with van der Waals surface area (Å²) < 4.78 is 0. The van der Waals surface area contributed by atoms with Crippen molar-refractivity contribution in [3.05, 3.63) is 64.7 Å². The number of nitrogens with one attached hydrogen (secondary N) is 1. The van der Waals surface area contributed by atoms with Crippen molar-refractivity contribution < 1.29 is 9.63 Å². The maximum absolute atomic E-state index is 12.5. The Balaban J connectivity index is 1.22. The van der Waals surface area contributed by atoms with Gasteiger partial charge in [0.25, 0.3) is 5.91 Å². The number of alkyl halides is 1. The highest BCUT2D eigenvalue weighted by molar-refractivity contribution is 6.20. The summed E-state index contributed by atoms with van der Waals surface area (Å²) in [4.78, 5) is 20.7. The lowest BCUT2D eigenvalue weighted by molar-refractivity contribution is 0.0949. The number of carbonyl (C=O) groups is 1. The van der Waals surface area contributed by atoms with E-state index in [4.69, 9.17) is 16.4 Å². The molecule has 0 bridgehead atoms. The van der Waals surface area contributed by atoms with Crippen molar-refractivity contribution in [3.63, 3.8) is 0 Å². The van der Waals surface area contributed by atoms with Gasteiger partial charge < -0.3 is 10.2 Å². The molecule has 2 unspecified atom stereocenters. The lowest BCUT2D eigenvalue weighted by atomic mass is 10.1. The van der Waals surface area contributed by atoms with Gasteiger partial charge in [0, 0.05) is 29.8 Å². The normalized spacial score (nSPS) is 22.8. The molecule has 2 atom stereocenters. The zero-order chi connectivity index (χ0) is 20.5. The highest BCUT2D eigenvalue weighted by atomic mass is 35.5. The molecule has 156 valence electrons. The number of likely N-dealkylation sites (tertiary alicyclic amines) is 1. The summed E-state index contributed by atoms with van der Waals surface area (Å²) in [5.41, 5.74) is 4.10. The summed E-state index contributed by atoms with van der Waals surface area (Å²) in [5.74, 6) is -0.0487. The molecule has 2 aromatic rings. The summed E-state index contributed by atoms with van der Waals surface area (Å²) in [5, 5.41) is 12.9. The molecule has 2 saturated heterocycles. The number of nitrogens with zero attached hydrogens (tertiary/aromatic N) is 4. The third-order valence-corrected chi connectivity index (χ3v) is 6.11. The number of azo groups is 1. The van der Waals surface area contributed by atoms with Crippen LogP contribution in [0, 0.1) is 0 Å². The summed E-state index contributed by atoms with van der Waals surface area (Å²) in [6.45, 7) is 4.40. The summed E-state index contributed by atoms with van der Waals surface area (Å²) in [6, 6.07) is 13.6. The van der Waals surface area contributed by atoms with Gasteiger partial charge in [0.2, 0.25) is 6.23 Å². The van der Waals surface area contributed by atoms with Crippen LogP contribution in [0.5, 0.6) is 0 Å². The van der Waals surface area contributed by atoms with Gasteiger partial charge in [-0.15, -0.1) is 0 Å². The summed E-state index contributed by atoms with van der Waals surface area (Å²) >= 11 is 6.27. The van der Waals surface area contributed by atoms with Crippen LogP contribution in [0.25, 0.3) is 0 Å². The SMILES string of the molecule is O=C(NCCN1CCCC1)c1cccc(C2ON2c2ccc3c(c2)C(Cl)N=NC3)c1. The highest BCUT2D eigenvalue weighted by Crippen LogP contribution is 2.44. The van der Waals surface area contributed by atoms with Crippen LogP contribution in [0.4, 0.5) is 5.69 Å². The Hall–Kier alpha value is -2.48. The molecule has 2 fully saturated rings. The standard InChI is InChI=1S/C22H24ClN5O2/c23-20-19-13-18(7-6-17(19)14-25-26-20)28-22(30-28)16-5-3-4-15(12-16)21(29)24-8-11-27-9-1-2-10-27/h3-7,12-13,20,22H,1-2,8-11,14H2,(H,24,29). The van der Waals surface area contributed by atoms with E-state index >= 15 is 0 Å². The second kappa shape index (κ2) is 8.34. The third kappa shape index (κ3) is 4.05. The molecule has 0 radical (unpaired) electrons. The van der Waals surface area contributed by atoms with Gasteiger partial charge in [-0.1, -0.05) is 29.8 Å². The molecule has 0 spiro atoms. The topological polar surface area (TPSA) is 72.6 Å². The maximum atomic E-state index is 12.5. The molecule has 8 heteroatoms. The van der Waals surface area contributed by atoms with Crippen molar-refractivity contribution in [1.82, 2.24) is 10.2 Å². The Morgan fingerprint density at radius 3 is 2.93 bits per heavy atom. The van der Waals surface area contributed by atoms with E-state index in [2.05, 4.69) is 20.4 Å². The van der Waals surface area contributed by atoms with Crippen molar-refractivity contribution in [2.75, 3.05) is 31.2 Å². The zero-order valence-corrected chi connectivity index (χ0v) is 17.4. The number of hydrogen-bond donors (Lipinski definition) is 1. The molecule has 1 amide bonds. The fourth-order valence-electron chi connectivity index (χ4n) is 4.08. The largest absolute Gasteiger partial charge is 0.351 e. The van der Waals surface area contributed by atoms with Gasteiger partial charge in [-0.3, -0.25) is 4.79 Å². The van der Waals surface area contributed by atoms with Crippen LogP contribution in [0.15, 0.2) is 52.7 Å². The Bertz CT molecular complexity index is 976. The Morgan fingerprint density at radius 2 is 2.07 bits per heavy atom. The van der Waals surface area contributed by atoms with E-state index in [1.165, 1.54) is 12.8 Å². The van der Waals surface area contributed by atoms with Crippen molar-refractivity contribution in [1.29, 1.82) is 0 Å².